The van der Waals surface area contributed by atoms with E-state index in [2.05, 4.69) is 5.32 Å². The molecule has 0 aliphatic carbocycles. The molecular weight excluding hydrogens is 253 g/mol. The molecule has 1 unspecified atom stereocenters. The van der Waals surface area contributed by atoms with Crippen LogP contribution in [-0.2, 0) is 6.42 Å². The predicted octanol–water partition coefficient (Wildman–Crippen LogP) is 3.62. The van der Waals surface area contributed by atoms with Crippen molar-refractivity contribution in [2.75, 3.05) is 13.7 Å². The highest BCUT2D eigenvalue weighted by atomic mass is 35.5. The fourth-order valence-electron chi connectivity index (χ4n) is 1.63. The van der Waals surface area contributed by atoms with Crippen molar-refractivity contribution in [2.45, 2.75) is 38.9 Å². The fraction of sp³-hybridized carbons (Fsp3) is 0.571. The summed E-state index contributed by atoms with van der Waals surface area (Å²) in [5.41, 5.74) is 0.719. The highest BCUT2D eigenvalue weighted by Crippen LogP contribution is 2.24. The lowest BCUT2D eigenvalue weighted by atomic mass is 10.1. The molecule has 0 heterocycles. The highest BCUT2D eigenvalue weighted by molar-refractivity contribution is 6.30. The van der Waals surface area contributed by atoms with E-state index in [0.29, 0.717) is 23.7 Å². The van der Waals surface area contributed by atoms with E-state index in [-0.39, 0.29) is 5.54 Å². The van der Waals surface area contributed by atoms with Gasteiger partial charge < -0.3 is 10.1 Å². The van der Waals surface area contributed by atoms with Crippen molar-refractivity contribution in [1.82, 2.24) is 5.32 Å². The molecule has 1 N–H and O–H groups in total. The lowest BCUT2D eigenvalue weighted by Crippen LogP contribution is -2.40. The molecular formula is C14H21ClFNO. The molecule has 102 valence electrons. The van der Waals surface area contributed by atoms with E-state index in [9.17, 15) is 4.39 Å². The second-order valence-corrected chi connectivity index (χ2v) is 5.82. The summed E-state index contributed by atoms with van der Waals surface area (Å²) < 4.78 is 19.1. The van der Waals surface area contributed by atoms with Gasteiger partial charge in [0.05, 0.1) is 7.11 Å². The highest BCUT2D eigenvalue weighted by Gasteiger charge is 2.15. The zero-order valence-corrected chi connectivity index (χ0v) is 12.1. The Bertz CT molecular complexity index is 390. The van der Waals surface area contributed by atoms with Crippen LogP contribution in [0.15, 0.2) is 18.2 Å². The average Bonchev–Trinajstić information content (AvgIpc) is 2.26. The standard InChI is InChI=1S/C14H21ClFNO/c1-14(2,3)17-9-12(16)8-10-7-11(15)5-6-13(10)18-4/h5-7,12,17H,8-9H2,1-4H3. The molecule has 1 aromatic rings. The number of nitrogens with one attached hydrogen (secondary N) is 1. The minimum atomic E-state index is -0.961. The van der Waals surface area contributed by atoms with Gasteiger partial charge in [0, 0.05) is 23.5 Å². The number of hydrogen-bond acceptors (Lipinski definition) is 2. The third-order valence-corrected chi connectivity index (χ3v) is 2.77. The molecule has 4 heteroatoms. The van der Waals surface area contributed by atoms with Crippen LogP contribution in [0.25, 0.3) is 0 Å². The average molecular weight is 274 g/mol. The van der Waals surface area contributed by atoms with Gasteiger partial charge in [-0.05, 0) is 44.5 Å². The van der Waals surface area contributed by atoms with Gasteiger partial charge in [-0.3, -0.25) is 0 Å². The maximum atomic E-state index is 13.9. The number of hydrogen-bond donors (Lipinski definition) is 1. The Hall–Kier alpha value is -0.800. The summed E-state index contributed by atoms with van der Waals surface area (Å²) in [5.74, 6) is 0.679. The molecule has 1 atom stereocenters. The van der Waals surface area contributed by atoms with Crippen molar-refractivity contribution in [3.63, 3.8) is 0 Å². The fourth-order valence-corrected chi connectivity index (χ4v) is 1.83. The lowest BCUT2D eigenvalue weighted by molar-refractivity contribution is 0.282. The Morgan fingerprint density at radius 1 is 1.39 bits per heavy atom. The minimum Gasteiger partial charge on any atom is -0.496 e. The van der Waals surface area contributed by atoms with Gasteiger partial charge in [-0.25, -0.2) is 4.39 Å². The van der Waals surface area contributed by atoms with E-state index < -0.39 is 6.17 Å². The molecule has 0 saturated carbocycles. The number of benzene rings is 1. The monoisotopic (exact) mass is 273 g/mol. The summed E-state index contributed by atoms with van der Waals surface area (Å²) in [4.78, 5) is 0. The molecule has 0 radical (unpaired) electrons. The van der Waals surface area contributed by atoms with Gasteiger partial charge >= 0.3 is 0 Å². The van der Waals surface area contributed by atoms with Crippen LogP contribution in [0.3, 0.4) is 0 Å². The SMILES string of the molecule is COc1ccc(Cl)cc1CC(F)CNC(C)(C)C. The molecule has 0 aliphatic heterocycles. The van der Waals surface area contributed by atoms with Crippen LogP contribution < -0.4 is 10.1 Å². The smallest absolute Gasteiger partial charge is 0.122 e. The van der Waals surface area contributed by atoms with E-state index in [1.165, 1.54) is 0 Å². The van der Waals surface area contributed by atoms with Gasteiger partial charge in [0.25, 0.3) is 0 Å². The minimum absolute atomic E-state index is 0.0806. The third kappa shape index (κ3) is 5.23. The van der Waals surface area contributed by atoms with Crippen molar-refractivity contribution >= 4 is 11.6 Å². The summed E-state index contributed by atoms with van der Waals surface area (Å²) in [7, 11) is 1.58. The molecule has 0 fully saturated rings. The Morgan fingerprint density at radius 2 is 2.06 bits per heavy atom. The van der Waals surface area contributed by atoms with E-state index in [0.717, 1.165) is 5.56 Å². The Balaban J connectivity index is 2.63. The maximum Gasteiger partial charge on any atom is 0.122 e. The van der Waals surface area contributed by atoms with Crippen LogP contribution >= 0.6 is 11.6 Å². The molecule has 0 aromatic heterocycles. The Morgan fingerprint density at radius 3 is 2.61 bits per heavy atom. The van der Waals surface area contributed by atoms with Gasteiger partial charge in [-0.15, -0.1) is 0 Å². The number of methoxy groups -OCH3 is 1. The van der Waals surface area contributed by atoms with E-state index in [4.69, 9.17) is 16.3 Å². The largest absolute Gasteiger partial charge is 0.496 e. The predicted molar refractivity (Wildman–Crippen MR) is 74.4 cm³/mol. The molecule has 0 bridgehead atoms. The van der Waals surface area contributed by atoms with Gasteiger partial charge in [0.15, 0.2) is 0 Å². The van der Waals surface area contributed by atoms with Crippen LogP contribution in [-0.4, -0.2) is 25.4 Å². The first-order chi connectivity index (χ1) is 8.31. The molecule has 0 amide bonds. The first-order valence-corrected chi connectivity index (χ1v) is 6.41. The van der Waals surface area contributed by atoms with Crippen molar-refractivity contribution in [3.05, 3.63) is 28.8 Å². The van der Waals surface area contributed by atoms with Crippen LogP contribution in [0.2, 0.25) is 5.02 Å². The number of halogens is 2. The first kappa shape index (κ1) is 15.3. The van der Waals surface area contributed by atoms with Crippen LogP contribution in [0, 0.1) is 0 Å². The van der Waals surface area contributed by atoms with Gasteiger partial charge in [-0.2, -0.15) is 0 Å². The normalized spacial score (nSPS) is 13.4. The summed E-state index contributed by atoms with van der Waals surface area (Å²) in [6.45, 7) is 6.36. The zero-order chi connectivity index (χ0) is 13.8. The van der Waals surface area contributed by atoms with Crippen LogP contribution in [0.5, 0.6) is 5.75 Å². The van der Waals surface area contributed by atoms with E-state index in [1.54, 1.807) is 25.3 Å². The Kier molecular flexibility index (Phi) is 5.42. The van der Waals surface area contributed by atoms with Crippen LogP contribution in [0.1, 0.15) is 26.3 Å². The van der Waals surface area contributed by atoms with Gasteiger partial charge in [0.2, 0.25) is 0 Å². The molecule has 1 aromatic carbocycles. The molecule has 0 saturated heterocycles. The van der Waals surface area contributed by atoms with Gasteiger partial charge in [-0.1, -0.05) is 11.6 Å². The second-order valence-electron chi connectivity index (χ2n) is 5.39. The third-order valence-electron chi connectivity index (χ3n) is 2.54. The van der Waals surface area contributed by atoms with Gasteiger partial charge in [0.1, 0.15) is 11.9 Å². The Labute approximate surface area is 113 Å². The summed E-state index contributed by atoms with van der Waals surface area (Å²) in [6, 6.07) is 5.26. The topological polar surface area (TPSA) is 21.3 Å². The van der Waals surface area contributed by atoms with E-state index >= 15 is 0 Å². The first-order valence-electron chi connectivity index (χ1n) is 6.03. The zero-order valence-electron chi connectivity index (χ0n) is 11.4. The maximum absolute atomic E-state index is 13.9. The number of ether oxygens (including phenoxy) is 1. The molecule has 1 rings (SSSR count). The lowest BCUT2D eigenvalue weighted by Gasteiger charge is -2.22. The molecule has 2 nitrogen and oxygen atoms in total. The number of alkyl halides is 1. The molecule has 0 spiro atoms. The quantitative estimate of drug-likeness (QED) is 0.885. The van der Waals surface area contributed by atoms with Crippen molar-refractivity contribution in [1.29, 1.82) is 0 Å². The van der Waals surface area contributed by atoms with Crippen LogP contribution in [0.4, 0.5) is 4.39 Å². The number of rotatable bonds is 5. The van der Waals surface area contributed by atoms with Crippen molar-refractivity contribution < 1.29 is 9.13 Å². The molecule has 0 aliphatic rings. The van der Waals surface area contributed by atoms with E-state index in [1.807, 2.05) is 20.8 Å². The second kappa shape index (κ2) is 6.39. The molecule has 18 heavy (non-hydrogen) atoms. The van der Waals surface area contributed by atoms with Crippen molar-refractivity contribution in [3.8, 4) is 5.75 Å². The summed E-state index contributed by atoms with van der Waals surface area (Å²) >= 11 is 5.91. The van der Waals surface area contributed by atoms with Crippen molar-refractivity contribution in [2.24, 2.45) is 0 Å². The summed E-state index contributed by atoms with van der Waals surface area (Å²) in [5, 5.41) is 3.74. The summed E-state index contributed by atoms with van der Waals surface area (Å²) in [6.07, 6.45) is -0.663.